The normalized spacial score (nSPS) is 11.7. The molecule has 1 atom stereocenters. The molecule has 0 fully saturated rings. The van der Waals surface area contributed by atoms with E-state index < -0.39 is 17.8 Å². The summed E-state index contributed by atoms with van der Waals surface area (Å²) in [5.74, 6) is -1.53. The number of primary amides is 1. The molecule has 1 aromatic heterocycles. The van der Waals surface area contributed by atoms with Gasteiger partial charge in [-0.05, 0) is 23.8 Å². The summed E-state index contributed by atoms with van der Waals surface area (Å²) >= 11 is 0. The number of aromatic nitrogens is 1. The van der Waals surface area contributed by atoms with Gasteiger partial charge in [0.05, 0.1) is 31.0 Å². The predicted octanol–water partition coefficient (Wildman–Crippen LogP) is 4.31. The molecule has 6 heteroatoms. The molecule has 0 bridgehead atoms. The number of benzene rings is 3. The van der Waals surface area contributed by atoms with Crippen molar-refractivity contribution in [2.45, 2.75) is 5.92 Å². The Balaban J connectivity index is 2.19. The number of rotatable bonds is 6. The number of carbonyl (C=O) groups is 2. The maximum atomic E-state index is 13.1. The zero-order valence-corrected chi connectivity index (χ0v) is 17.7. The molecule has 0 aliphatic carbocycles. The van der Waals surface area contributed by atoms with Gasteiger partial charge in [-0.3, -0.25) is 9.59 Å². The van der Waals surface area contributed by atoms with Crippen LogP contribution in [-0.4, -0.2) is 31.1 Å². The first-order valence-corrected chi connectivity index (χ1v) is 10.1. The summed E-state index contributed by atoms with van der Waals surface area (Å²) in [6.45, 7) is 0. The molecule has 32 heavy (non-hydrogen) atoms. The number of hydrogen-bond acceptors (Lipinski definition) is 5. The van der Waals surface area contributed by atoms with Gasteiger partial charge in [-0.25, -0.2) is 4.98 Å². The van der Waals surface area contributed by atoms with E-state index in [0.717, 1.165) is 0 Å². The molecule has 1 amide bonds. The monoisotopic (exact) mass is 426 g/mol. The fourth-order valence-corrected chi connectivity index (χ4v) is 4.00. The fraction of sp³-hybridized carbons (Fsp3) is 0.115. The molecule has 0 spiro atoms. The Morgan fingerprint density at radius 3 is 2.22 bits per heavy atom. The summed E-state index contributed by atoms with van der Waals surface area (Å²) in [4.78, 5) is 30.8. The van der Waals surface area contributed by atoms with Crippen LogP contribution in [0.25, 0.3) is 22.2 Å². The first kappa shape index (κ1) is 21.1. The van der Waals surface area contributed by atoms with E-state index in [1.54, 1.807) is 31.4 Å². The molecule has 0 aliphatic heterocycles. The van der Waals surface area contributed by atoms with Crippen LogP contribution in [0.15, 0.2) is 78.9 Å². The number of ether oxygens (including phenoxy) is 2. The van der Waals surface area contributed by atoms with Crippen molar-refractivity contribution in [3.63, 3.8) is 0 Å². The van der Waals surface area contributed by atoms with Crippen molar-refractivity contribution in [1.82, 2.24) is 4.98 Å². The Kier molecular flexibility index (Phi) is 5.85. The molecule has 2 N–H and O–H groups in total. The highest BCUT2D eigenvalue weighted by Gasteiger charge is 2.33. The largest absolute Gasteiger partial charge is 0.496 e. The summed E-state index contributed by atoms with van der Waals surface area (Å²) in [6, 6.07) is 23.7. The fourth-order valence-electron chi connectivity index (χ4n) is 4.00. The molecule has 4 aromatic rings. The Morgan fingerprint density at radius 2 is 1.53 bits per heavy atom. The van der Waals surface area contributed by atoms with Crippen LogP contribution in [0.2, 0.25) is 0 Å². The maximum absolute atomic E-state index is 13.1. The number of hydrogen-bond donors (Lipinski definition) is 1. The van der Waals surface area contributed by atoms with E-state index in [1.807, 2.05) is 54.6 Å². The third-order valence-electron chi connectivity index (χ3n) is 5.40. The third-order valence-corrected chi connectivity index (χ3v) is 5.40. The first-order chi connectivity index (χ1) is 15.6. The van der Waals surface area contributed by atoms with Gasteiger partial charge in [0.2, 0.25) is 5.91 Å². The van der Waals surface area contributed by atoms with Crippen LogP contribution in [0.3, 0.4) is 0 Å². The van der Waals surface area contributed by atoms with E-state index in [-0.39, 0.29) is 5.56 Å². The lowest BCUT2D eigenvalue weighted by Crippen LogP contribution is -2.23. The van der Waals surface area contributed by atoms with Crippen LogP contribution in [-0.2, 0) is 9.53 Å². The molecule has 4 rings (SSSR count). The van der Waals surface area contributed by atoms with Crippen molar-refractivity contribution in [2.75, 3.05) is 14.2 Å². The molecule has 0 saturated carbocycles. The molecule has 6 nitrogen and oxygen atoms in total. The van der Waals surface area contributed by atoms with Gasteiger partial charge in [-0.15, -0.1) is 0 Å². The Morgan fingerprint density at radius 1 is 0.875 bits per heavy atom. The second-order valence-corrected chi connectivity index (χ2v) is 7.20. The van der Waals surface area contributed by atoms with Crippen molar-refractivity contribution in [2.24, 2.45) is 5.73 Å². The second-order valence-electron chi connectivity index (χ2n) is 7.20. The number of esters is 1. The molecule has 1 heterocycles. The van der Waals surface area contributed by atoms with Gasteiger partial charge < -0.3 is 15.2 Å². The molecule has 0 radical (unpaired) electrons. The number of carbonyl (C=O) groups excluding carboxylic acids is 2. The number of nitrogens with zero attached hydrogens (tertiary/aromatic N) is 1. The minimum Gasteiger partial charge on any atom is -0.496 e. The Labute approximate surface area is 185 Å². The first-order valence-electron chi connectivity index (χ1n) is 10.1. The lowest BCUT2D eigenvalue weighted by Gasteiger charge is -2.23. The van der Waals surface area contributed by atoms with E-state index in [0.29, 0.717) is 39.0 Å². The number of para-hydroxylation sites is 2. The highest BCUT2D eigenvalue weighted by Crippen LogP contribution is 2.41. The van der Waals surface area contributed by atoms with Gasteiger partial charge in [-0.1, -0.05) is 60.7 Å². The number of fused-ring (bicyclic) bond motifs is 1. The standard InChI is InChI=1S/C26H22N2O4/c1-31-20-15-9-7-13-18(20)24-23(21(26(30)32-2)16-10-4-3-5-11-16)22(25(27)29)17-12-6-8-14-19(17)28-24/h3-15,21H,1-2H3,(H2,27,29). The topological polar surface area (TPSA) is 91.5 Å². The number of amides is 1. The van der Waals surface area contributed by atoms with Crippen LogP contribution in [0.1, 0.15) is 27.4 Å². The van der Waals surface area contributed by atoms with Crippen LogP contribution in [0, 0.1) is 0 Å². The third kappa shape index (κ3) is 3.67. The van der Waals surface area contributed by atoms with Crippen molar-refractivity contribution >= 4 is 22.8 Å². The van der Waals surface area contributed by atoms with Crippen molar-refractivity contribution in [1.29, 1.82) is 0 Å². The van der Waals surface area contributed by atoms with E-state index in [9.17, 15) is 9.59 Å². The van der Waals surface area contributed by atoms with E-state index in [1.165, 1.54) is 7.11 Å². The van der Waals surface area contributed by atoms with Gasteiger partial charge in [0.1, 0.15) is 11.7 Å². The summed E-state index contributed by atoms with van der Waals surface area (Å²) < 4.78 is 10.7. The Bertz CT molecular complexity index is 1300. The maximum Gasteiger partial charge on any atom is 0.317 e. The summed E-state index contributed by atoms with van der Waals surface area (Å²) in [5.41, 5.74) is 8.85. The Hall–Kier alpha value is -4.19. The molecular weight excluding hydrogens is 404 g/mol. The quantitative estimate of drug-likeness (QED) is 0.464. The van der Waals surface area contributed by atoms with E-state index >= 15 is 0 Å². The lowest BCUT2D eigenvalue weighted by atomic mass is 9.83. The van der Waals surface area contributed by atoms with Gasteiger partial charge in [-0.2, -0.15) is 0 Å². The van der Waals surface area contributed by atoms with Gasteiger partial charge in [0.15, 0.2) is 0 Å². The second kappa shape index (κ2) is 8.89. The summed E-state index contributed by atoms with van der Waals surface area (Å²) in [6.07, 6.45) is 0. The molecular formula is C26H22N2O4. The molecule has 0 saturated heterocycles. The molecule has 3 aromatic carbocycles. The zero-order chi connectivity index (χ0) is 22.7. The van der Waals surface area contributed by atoms with Gasteiger partial charge in [0.25, 0.3) is 0 Å². The van der Waals surface area contributed by atoms with Gasteiger partial charge >= 0.3 is 5.97 Å². The summed E-state index contributed by atoms with van der Waals surface area (Å²) in [5, 5.41) is 0.568. The highest BCUT2D eigenvalue weighted by atomic mass is 16.5. The zero-order valence-electron chi connectivity index (χ0n) is 17.7. The summed E-state index contributed by atoms with van der Waals surface area (Å²) in [7, 11) is 2.88. The number of pyridine rings is 1. The number of methoxy groups -OCH3 is 2. The predicted molar refractivity (Wildman–Crippen MR) is 123 cm³/mol. The number of nitrogens with two attached hydrogens (primary N) is 1. The lowest BCUT2D eigenvalue weighted by molar-refractivity contribution is -0.141. The van der Waals surface area contributed by atoms with E-state index in [4.69, 9.17) is 20.2 Å². The smallest absolute Gasteiger partial charge is 0.317 e. The molecule has 160 valence electrons. The van der Waals surface area contributed by atoms with Gasteiger partial charge in [0, 0.05) is 16.5 Å². The van der Waals surface area contributed by atoms with E-state index in [2.05, 4.69) is 0 Å². The van der Waals surface area contributed by atoms with Crippen LogP contribution < -0.4 is 10.5 Å². The average Bonchev–Trinajstić information content (AvgIpc) is 2.83. The molecule has 1 unspecified atom stereocenters. The average molecular weight is 426 g/mol. The van der Waals surface area contributed by atoms with Crippen LogP contribution in [0.5, 0.6) is 5.75 Å². The minimum absolute atomic E-state index is 0.232. The highest BCUT2D eigenvalue weighted by molar-refractivity contribution is 6.10. The van der Waals surface area contributed by atoms with Crippen molar-refractivity contribution in [3.05, 3.63) is 95.6 Å². The minimum atomic E-state index is -0.916. The van der Waals surface area contributed by atoms with Crippen LogP contribution in [0.4, 0.5) is 0 Å². The van der Waals surface area contributed by atoms with Crippen molar-refractivity contribution in [3.8, 4) is 17.0 Å². The molecule has 0 aliphatic rings. The van der Waals surface area contributed by atoms with Crippen LogP contribution >= 0.6 is 0 Å². The van der Waals surface area contributed by atoms with Crippen molar-refractivity contribution < 1.29 is 19.1 Å². The SMILES string of the molecule is COC(=O)C(c1ccccc1)c1c(-c2ccccc2OC)nc2ccccc2c1C(N)=O.